The maximum absolute atomic E-state index is 13.5. The number of rotatable bonds is 5. The molecule has 0 N–H and O–H groups in total. The van der Waals surface area contributed by atoms with Crippen LogP contribution in [0.2, 0.25) is 0 Å². The SMILES string of the molecule is CCN(CC)C[C@]1(C#N)C[C@]2(S)C(=O)N(C)[C@@H](C)C(=O)N2[C@H]1c1ccc2c(c1)OCO2. The normalized spacial score (nSPS) is 31.9. The van der Waals surface area contributed by atoms with Gasteiger partial charge in [0.25, 0.3) is 5.91 Å². The minimum atomic E-state index is -1.39. The molecule has 166 valence electrons. The van der Waals surface area contributed by atoms with Gasteiger partial charge in [-0.2, -0.15) is 5.26 Å². The smallest absolute Gasteiger partial charge is 0.259 e. The molecule has 0 saturated carbocycles. The number of ether oxygens (including phenoxy) is 2. The number of carbonyl (C=O) groups is 2. The maximum Gasteiger partial charge on any atom is 0.259 e. The van der Waals surface area contributed by atoms with Gasteiger partial charge in [0.1, 0.15) is 6.04 Å². The lowest BCUT2D eigenvalue weighted by Gasteiger charge is -2.46. The maximum atomic E-state index is 13.5. The van der Waals surface area contributed by atoms with E-state index in [2.05, 4.69) is 11.0 Å². The van der Waals surface area contributed by atoms with E-state index in [1.165, 1.54) is 4.90 Å². The third kappa shape index (κ3) is 3.07. The van der Waals surface area contributed by atoms with E-state index in [1.807, 2.05) is 26.0 Å². The second-order valence-electron chi connectivity index (χ2n) is 8.54. The molecule has 0 bridgehead atoms. The zero-order valence-electron chi connectivity index (χ0n) is 18.3. The number of nitrogens with zero attached hydrogens (tertiary/aromatic N) is 4. The Morgan fingerprint density at radius 2 is 1.94 bits per heavy atom. The second kappa shape index (κ2) is 7.61. The number of amides is 2. The third-order valence-electron chi connectivity index (χ3n) is 6.92. The fraction of sp³-hybridized carbons (Fsp3) is 0.591. The Kier molecular flexibility index (Phi) is 5.34. The van der Waals surface area contributed by atoms with Crippen molar-refractivity contribution in [2.24, 2.45) is 5.41 Å². The van der Waals surface area contributed by atoms with Crippen molar-refractivity contribution in [1.82, 2.24) is 14.7 Å². The first-order chi connectivity index (χ1) is 14.7. The van der Waals surface area contributed by atoms with E-state index in [1.54, 1.807) is 24.9 Å². The Bertz CT molecular complexity index is 961. The standard InChI is InChI=1S/C22H28N4O4S/c1-5-25(6-2)12-21(11-23)10-22(31)20(28)24(4)14(3)19(27)26(22)18(21)15-7-8-16-17(9-15)30-13-29-16/h7-9,14,18,31H,5-6,10,12-13H2,1-4H3/t14-,18-,21+,22-/m0/s1. The summed E-state index contributed by atoms with van der Waals surface area (Å²) in [6, 6.07) is 6.71. The molecule has 8 nitrogen and oxygen atoms in total. The molecule has 0 unspecified atom stereocenters. The molecule has 1 aromatic rings. The molecule has 31 heavy (non-hydrogen) atoms. The van der Waals surface area contributed by atoms with E-state index in [4.69, 9.17) is 22.1 Å². The number of benzene rings is 1. The molecule has 0 aromatic heterocycles. The average molecular weight is 445 g/mol. The summed E-state index contributed by atoms with van der Waals surface area (Å²) in [7, 11) is 1.62. The van der Waals surface area contributed by atoms with Crippen LogP contribution in [-0.2, 0) is 9.59 Å². The number of likely N-dealkylation sites (N-methyl/N-ethyl adjacent to an activating group) is 1. The first-order valence-corrected chi connectivity index (χ1v) is 11.0. The van der Waals surface area contributed by atoms with Crippen LogP contribution in [0.3, 0.4) is 0 Å². The van der Waals surface area contributed by atoms with E-state index in [0.717, 1.165) is 18.7 Å². The van der Waals surface area contributed by atoms with Crippen LogP contribution in [0.25, 0.3) is 0 Å². The highest BCUT2D eigenvalue weighted by atomic mass is 32.1. The van der Waals surface area contributed by atoms with Crippen LogP contribution in [0.4, 0.5) is 0 Å². The number of hydrogen-bond acceptors (Lipinski definition) is 7. The van der Waals surface area contributed by atoms with Gasteiger partial charge in [0.2, 0.25) is 12.7 Å². The predicted molar refractivity (Wildman–Crippen MR) is 117 cm³/mol. The van der Waals surface area contributed by atoms with Gasteiger partial charge in [-0.3, -0.25) is 9.59 Å². The quantitative estimate of drug-likeness (QED) is 0.700. The molecular formula is C22H28N4O4S. The van der Waals surface area contributed by atoms with Crippen molar-refractivity contribution in [3.8, 4) is 17.6 Å². The summed E-state index contributed by atoms with van der Waals surface area (Å²) in [5.41, 5.74) is -0.274. The van der Waals surface area contributed by atoms with Crippen LogP contribution >= 0.6 is 12.6 Å². The summed E-state index contributed by atoms with van der Waals surface area (Å²) in [6.45, 7) is 7.85. The molecule has 2 saturated heterocycles. The molecule has 0 spiro atoms. The van der Waals surface area contributed by atoms with Crippen LogP contribution in [0, 0.1) is 16.7 Å². The van der Waals surface area contributed by atoms with E-state index in [-0.39, 0.29) is 25.0 Å². The molecule has 0 aliphatic carbocycles. The molecule has 3 aliphatic heterocycles. The Balaban J connectivity index is 1.90. The Hall–Kier alpha value is -2.44. The summed E-state index contributed by atoms with van der Waals surface area (Å²) < 4.78 is 11.0. The van der Waals surface area contributed by atoms with Gasteiger partial charge in [-0.1, -0.05) is 19.9 Å². The van der Waals surface area contributed by atoms with Crippen LogP contribution in [0.5, 0.6) is 11.5 Å². The molecule has 1 aromatic carbocycles. The molecule has 0 radical (unpaired) electrons. The Morgan fingerprint density at radius 1 is 1.26 bits per heavy atom. The zero-order valence-corrected chi connectivity index (χ0v) is 19.2. The van der Waals surface area contributed by atoms with E-state index < -0.39 is 22.4 Å². The average Bonchev–Trinajstić information content (AvgIpc) is 3.35. The van der Waals surface area contributed by atoms with Gasteiger partial charge >= 0.3 is 0 Å². The molecule has 3 heterocycles. The highest BCUT2D eigenvalue weighted by Crippen LogP contribution is 2.59. The van der Waals surface area contributed by atoms with Gasteiger partial charge in [0, 0.05) is 20.0 Å². The van der Waals surface area contributed by atoms with Crippen molar-refractivity contribution in [1.29, 1.82) is 5.26 Å². The highest BCUT2D eigenvalue weighted by molar-refractivity contribution is 7.82. The highest BCUT2D eigenvalue weighted by Gasteiger charge is 2.67. The summed E-state index contributed by atoms with van der Waals surface area (Å²) in [6.07, 6.45) is 0.150. The summed E-state index contributed by atoms with van der Waals surface area (Å²) >= 11 is 4.79. The van der Waals surface area contributed by atoms with Crippen LogP contribution in [-0.4, -0.2) is 70.9 Å². The number of hydrogen-bond donors (Lipinski definition) is 1. The number of fused-ring (bicyclic) bond motifs is 2. The lowest BCUT2D eigenvalue weighted by atomic mass is 9.77. The first-order valence-electron chi connectivity index (χ1n) is 10.6. The predicted octanol–water partition coefficient (Wildman–Crippen LogP) is 2.03. The van der Waals surface area contributed by atoms with Gasteiger partial charge in [-0.25, -0.2) is 0 Å². The number of nitriles is 1. The summed E-state index contributed by atoms with van der Waals surface area (Å²) in [5, 5.41) is 10.5. The molecule has 4 rings (SSSR count). The molecular weight excluding hydrogens is 416 g/mol. The van der Waals surface area contributed by atoms with Crippen LogP contribution in [0.15, 0.2) is 18.2 Å². The van der Waals surface area contributed by atoms with Crippen LogP contribution in [0.1, 0.15) is 38.8 Å². The first kappa shape index (κ1) is 21.8. The number of carbonyl (C=O) groups excluding carboxylic acids is 2. The number of piperazine rings is 1. The van der Waals surface area contributed by atoms with Crippen molar-refractivity contribution in [2.45, 2.75) is 44.1 Å². The monoisotopic (exact) mass is 444 g/mol. The molecule has 2 fully saturated rings. The Morgan fingerprint density at radius 3 is 2.58 bits per heavy atom. The van der Waals surface area contributed by atoms with E-state index in [0.29, 0.717) is 18.0 Å². The summed E-state index contributed by atoms with van der Waals surface area (Å²) in [4.78, 5) is 30.6. The largest absolute Gasteiger partial charge is 0.454 e. The molecule has 2 amide bonds. The molecule has 4 atom stereocenters. The van der Waals surface area contributed by atoms with E-state index >= 15 is 0 Å². The second-order valence-corrected chi connectivity index (χ2v) is 9.28. The molecule has 3 aliphatic rings. The van der Waals surface area contributed by atoms with Gasteiger partial charge in [0.15, 0.2) is 16.4 Å². The lowest BCUT2D eigenvalue weighted by Crippen LogP contribution is -2.65. The Labute approximate surface area is 188 Å². The van der Waals surface area contributed by atoms with Crippen molar-refractivity contribution in [3.05, 3.63) is 23.8 Å². The lowest BCUT2D eigenvalue weighted by molar-refractivity contribution is -0.161. The van der Waals surface area contributed by atoms with Gasteiger partial charge in [-0.05, 0) is 37.7 Å². The minimum absolute atomic E-state index is 0.131. The van der Waals surface area contributed by atoms with Crippen molar-refractivity contribution >= 4 is 24.4 Å². The van der Waals surface area contributed by atoms with Crippen LogP contribution < -0.4 is 9.47 Å². The van der Waals surface area contributed by atoms with Gasteiger partial charge in [-0.15, -0.1) is 12.6 Å². The van der Waals surface area contributed by atoms with Gasteiger partial charge < -0.3 is 24.2 Å². The molecule has 9 heteroatoms. The fourth-order valence-corrected chi connectivity index (χ4v) is 5.73. The topological polar surface area (TPSA) is 86.1 Å². The third-order valence-corrected chi connectivity index (χ3v) is 7.48. The van der Waals surface area contributed by atoms with Crippen molar-refractivity contribution < 1.29 is 19.1 Å². The number of thiol groups is 1. The minimum Gasteiger partial charge on any atom is -0.454 e. The van der Waals surface area contributed by atoms with Gasteiger partial charge in [0.05, 0.1) is 17.5 Å². The fourth-order valence-electron chi connectivity index (χ4n) is 5.07. The van der Waals surface area contributed by atoms with Crippen molar-refractivity contribution in [3.63, 3.8) is 0 Å². The summed E-state index contributed by atoms with van der Waals surface area (Å²) in [5.74, 6) is 0.728. The van der Waals surface area contributed by atoms with E-state index in [9.17, 15) is 14.9 Å². The zero-order chi connectivity index (χ0) is 22.6. The van der Waals surface area contributed by atoms with Crippen molar-refractivity contribution in [2.75, 3.05) is 33.5 Å².